The number of fused-ring (bicyclic) bond motifs is 2. The van der Waals surface area contributed by atoms with E-state index in [1.165, 1.54) is 6.20 Å². The number of H-pyrrole nitrogens is 1. The van der Waals surface area contributed by atoms with Crippen LogP contribution in [0.5, 0.6) is 5.75 Å². The summed E-state index contributed by atoms with van der Waals surface area (Å²) >= 11 is 6.35. The Morgan fingerprint density at radius 3 is 2.82 bits per heavy atom. The minimum Gasteiger partial charge on any atom is -0.449 e. The summed E-state index contributed by atoms with van der Waals surface area (Å²) in [4.78, 5) is 15.2. The third kappa shape index (κ3) is 3.38. The average Bonchev–Trinajstić information content (AvgIpc) is 3.24. The molecule has 9 heteroatoms. The highest BCUT2D eigenvalue weighted by Gasteiger charge is 2.23. The van der Waals surface area contributed by atoms with E-state index in [4.69, 9.17) is 21.4 Å². The number of benzene rings is 1. The molecule has 0 amide bonds. The van der Waals surface area contributed by atoms with E-state index in [1.54, 1.807) is 18.5 Å². The number of aromatic amines is 1. The van der Waals surface area contributed by atoms with Gasteiger partial charge < -0.3 is 9.84 Å². The summed E-state index contributed by atoms with van der Waals surface area (Å²) in [6.07, 6.45) is 4.20. The van der Waals surface area contributed by atoms with Crippen LogP contribution in [-0.4, -0.2) is 36.2 Å². The Balaban J connectivity index is 1.86. The third-order valence-corrected chi connectivity index (χ3v) is 4.72. The maximum Gasteiger partial charge on any atom is 0.511 e. The summed E-state index contributed by atoms with van der Waals surface area (Å²) in [7, 11) is 0. The summed E-state index contributed by atoms with van der Waals surface area (Å²) in [6.45, 7) is 4.28. The lowest BCUT2D eigenvalue weighted by molar-refractivity contribution is 0.144. The first-order valence-corrected chi connectivity index (χ1v) is 9.16. The number of nitrogens with one attached hydrogen (secondary N) is 1. The molecule has 0 saturated carbocycles. The van der Waals surface area contributed by atoms with Gasteiger partial charge >= 0.3 is 6.16 Å². The summed E-state index contributed by atoms with van der Waals surface area (Å²) in [5.74, 6) is 0.537. The fraction of sp³-hybridized carbons (Fsp3) is 0.263. The van der Waals surface area contributed by atoms with Crippen molar-refractivity contribution in [2.75, 3.05) is 0 Å². The minimum absolute atomic E-state index is 0.127. The normalized spacial score (nSPS) is 12.7. The van der Waals surface area contributed by atoms with Crippen LogP contribution >= 0.6 is 11.6 Å². The van der Waals surface area contributed by atoms with Crippen LogP contribution < -0.4 is 4.74 Å². The lowest BCUT2D eigenvalue weighted by Gasteiger charge is -2.21. The van der Waals surface area contributed by atoms with E-state index in [0.717, 1.165) is 22.9 Å². The lowest BCUT2D eigenvalue weighted by atomic mass is 9.95. The van der Waals surface area contributed by atoms with Gasteiger partial charge in [0.2, 0.25) is 0 Å². The molecule has 0 aliphatic carbocycles. The number of aromatic nitrogens is 5. The van der Waals surface area contributed by atoms with Crippen molar-refractivity contribution in [3.63, 3.8) is 0 Å². The van der Waals surface area contributed by atoms with Gasteiger partial charge in [-0.1, -0.05) is 25.4 Å². The lowest BCUT2D eigenvalue weighted by Crippen LogP contribution is -2.16. The van der Waals surface area contributed by atoms with E-state index in [2.05, 4.69) is 34.1 Å². The maximum atomic E-state index is 10.8. The second-order valence-electron chi connectivity index (χ2n) is 7.02. The zero-order valence-electron chi connectivity index (χ0n) is 15.3. The quantitative estimate of drug-likeness (QED) is 0.473. The van der Waals surface area contributed by atoms with Gasteiger partial charge in [-0.3, -0.25) is 5.10 Å². The van der Waals surface area contributed by atoms with Crippen LogP contribution in [0.3, 0.4) is 0 Å². The van der Waals surface area contributed by atoms with E-state index in [1.807, 2.05) is 16.8 Å². The highest BCUT2D eigenvalue weighted by molar-refractivity contribution is 6.31. The second-order valence-corrected chi connectivity index (χ2v) is 7.45. The van der Waals surface area contributed by atoms with Crippen LogP contribution in [0.4, 0.5) is 4.79 Å². The fourth-order valence-corrected chi connectivity index (χ4v) is 3.65. The van der Waals surface area contributed by atoms with Crippen molar-refractivity contribution in [1.29, 1.82) is 0 Å². The van der Waals surface area contributed by atoms with E-state index in [0.29, 0.717) is 22.0 Å². The van der Waals surface area contributed by atoms with Gasteiger partial charge in [-0.25, -0.2) is 14.5 Å². The molecule has 0 aliphatic rings. The number of hydrogen-bond donors (Lipinski definition) is 2. The smallest absolute Gasteiger partial charge is 0.449 e. The predicted octanol–water partition coefficient (Wildman–Crippen LogP) is 4.65. The molecule has 4 rings (SSSR count). The molecule has 144 valence electrons. The van der Waals surface area contributed by atoms with Crippen molar-refractivity contribution >= 4 is 39.7 Å². The average molecular weight is 400 g/mol. The van der Waals surface area contributed by atoms with Crippen molar-refractivity contribution in [3.05, 3.63) is 47.4 Å². The SMILES string of the molecule is CC(C)CC(c1cc(Cl)cc2cn[nH]c12)n1ncc2cc(OC(=O)O)cnc21. The minimum atomic E-state index is -1.38. The monoisotopic (exact) mass is 399 g/mol. The highest BCUT2D eigenvalue weighted by Crippen LogP contribution is 2.34. The third-order valence-electron chi connectivity index (χ3n) is 4.51. The number of rotatable bonds is 5. The molecule has 0 radical (unpaired) electrons. The molecule has 0 spiro atoms. The Morgan fingerprint density at radius 2 is 2.07 bits per heavy atom. The fourth-order valence-electron chi connectivity index (χ4n) is 3.42. The van der Waals surface area contributed by atoms with Crippen molar-refractivity contribution in [2.45, 2.75) is 26.3 Å². The van der Waals surface area contributed by atoms with Crippen LogP contribution in [-0.2, 0) is 0 Å². The number of hydrogen-bond acceptors (Lipinski definition) is 5. The molecule has 8 nitrogen and oxygen atoms in total. The van der Waals surface area contributed by atoms with Crippen LogP contribution in [0.25, 0.3) is 21.9 Å². The maximum absolute atomic E-state index is 10.8. The Bertz CT molecular complexity index is 1170. The van der Waals surface area contributed by atoms with Crippen molar-refractivity contribution in [2.24, 2.45) is 5.92 Å². The summed E-state index contributed by atoms with van der Waals surface area (Å²) in [6, 6.07) is 5.27. The largest absolute Gasteiger partial charge is 0.511 e. The van der Waals surface area contributed by atoms with Crippen molar-refractivity contribution < 1.29 is 14.6 Å². The molecule has 2 N–H and O–H groups in total. The Hall–Kier alpha value is -3.13. The molecule has 4 aromatic rings. The first-order valence-electron chi connectivity index (χ1n) is 8.79. The summed E-state index contributed by atoms with van der Waals surface area (Å²) < 4.78 is 6.53. The molecular formula is C19H18ClN5O3. The predicted molar refractivity (Wildman–Crippen MR) is 105 cm³/mol. The zero-order chi connectivity index (χ0) is 19.8. The Labute approximate surface area is 165 Å². The molecule has 3 heterocycles. The Morgan fingerprint density at radius 1 is 1.25 bits per heavy atom. The standard InChI is InChI=1S/C19H18ClN5O3/c1-10(2)3-16(15-6-13(20)4-11-7-22-24-17(11)15)25-18-12(8-23-25)5-14(9-21-18)28-19(26)27/h4-10,16H,3H2,1-2H3,(H,22,24)(H,26,27). The van der Waals surface area contributed by atoms with Crippen molar-refractivity contribution in [1.82, 2.24) is 25.0 Å². The van der Waals surface area contributed by atoms with Gasteiger partial charge in [0, 0.05) is 21.4 Å². The first-order chi connectivity index (χ1) is 13.4. The van der Waals surface area contributed by atoms with Gasteiger partial charge in [-0.2, -0.15) is 10.2 Å². The van der Waals surface area contributed by atoms with E-state index in [9.17, 15) is 4.79 Å². The first kappa shape index (κ1) is 18.2. The van der Waals surface area contributed by atoms with Crippen molar-refractivity contribution in [3.8, 4) is 5.75 Å². The number of carboxylic acid groups (broad SMARTS) is 1. The molecule has 3 aromatic heterocycles. The molecular weight excluding hydrogens is 382 g/mol. The van der Waals surface area contributed by atoms with Gasteiger partial charge in [0.05, 0.1) is 30.1 Å². The zero-order valence-corrected chi connectivity index (χ0v) is 16.0. The van der Waals surface area contributed by atoms with E-state index >= 15 is 0 Å². The second kappa shape index (κ2) is 7.12. The van der Waals surface area contributed by atoms with Crippen LogP contribution in [0.15, 0.2) is 36.8 Å². The van der Waals surface area contributed by atoms with Crippen LogP contribution in [0.2, 0.25) is 5.02 Å². The van der Waals surface area contributed by atoms with Gasteiger partial charge in [0.25, 0.3) is 0 Å². The van der Waals surface area contributed by atoms with Crippen LogP contribution in [0, 0.1) is 5.92 Å². The number of halogens is 1. The van der Waals surface area contributed by atoms with Gasteiger partial charge in [0.1, 0.15) is 0 Å². The molecule has 0 fully saturated rings. The van der Waals surface area contributed by atoms with Gasteiger partial charge in [0.15, 0.2) is 11.4 Å². The topological polar surface area (TPSA) is 106 Å². The molecule has 1 aromatic carbocycles. The summed E-state index contributed by atoms with van der Waals surface area (Å²) in [5, 5.41) is 22.8. The number of carbonyl (C=O) groups is 1. The highest BCUT2D eigenvalue weighted by atomic mass is 35.5. The Kier molecular flexibility index (Phi) is 4.64. The van der Waals surface area contributed by atoms with E-state index < -0.39 is 6.16 Å². The number of ether oxygens (including phenoxy) is 1. The molecule has 1 atom stereocenters. The van der Waals surface area contributed by atoms with Gasteiger partial charge in [-0.15, -0.1) is 0 Å². The van der Waals surface area contributed by atoms with Gasteiger partial charge in [-0.05, 0) is 30.5 Å². The number of nitrogens with zero attached hydrogens (tertiary/aromatic N) is 4. The van der Waals surface area contributed by atoms with Crippen LogP contribution in [0.1, 0.15) is 31.9 Å². The molecule has 0 saturated heterocycles. The molecule has 0 aliphatic heterocycles. The molecule has 28 heavy (non-hydrogen) atoms. The number of pyridine rings is 1. The molecule has 0 bridgehead atoms. The summed E-state index contributed by atoms with van der Waals surface area (Å²) in [5.41, 5.74) is 2.52. The van der Waals surface area contributed by atoms with E-state index in [-0.39, 0.29) is 11.8 Å². The molecule has 1 unspecified atom stereocenters.